The predicted molar refractivity (Wildman–Crippen MR) is 66.8 cm³/mol. The first-order valence-electron chi connectivity index (χ1n) is 5.90. The Bertz CT molecular complexity index is 568. The van der Waals surface area contributed by atoms with Gasteiger partial charge in [-0.2, -0.15) is 13.2 Å². The highest BCUT2D eigenvalue weighted by Gasteiger charge is 2.36. The van der Waals surface area contributed by atoms with Crippen LogP contribution in [-0.2, 0) is 11.0 Å². The Balaban J connectivity index is 3.07. The lowest BCUT2D eigenvalue weighted by Crippen LogP contribution is -2.46. The first kappa shape index (κ1) is 16.9. The van der Waals surface area contributed by atoms with Crippen LogP contribution >= 0.6 is 0 Å². The molecular weight excluding hydrogens is 292 g/mol. The van der Waals surface area contributed by atoms with E-state index in [4.69, 9.17) is 5.73 Å². The van der Waals surface area contributed by atoms with Gasteiger partial charge in [-0.25, -0.2) is 4.39 Å². The molecule has 0 heterocycles. The average molecular weight is 306 g/mol. The molecule has 0 unspecified atom stereocenters. The van der Waals surface area contributed by atoms with Gasteiger partial charge < -0.3 is 11.1 Å². The molecule has 0 saturated heterocycles. The zero-order valence-electron chi connectivity index (χ0n) is 11.3. The maximum Gasteiger partial charge on any atom is 0.419 e. The van der Waals surface area contributed by atoms with Gasteiger partial charge in [0.25, 0.3) is 5.91 Å². The van der Waals surface area contributed by atoms with Gasteiger partial charge in [0, 0.05) is 12.0 Å². The Morgan fingerprint density at radius 1 is 1.24 bits per heavy atom. The molecule has 0 aliphatic heterocycles. The average Bonchev–Trinajstić information content (AvgIpc) is 2.24. The highest BCUT2D eigenvalue weighted by atomic mass is 19.4. The summed E-state index contributed by atoms with van der Waals surface area (Å²) < 4.78 is 51.5. The number of alkyl halides is 3. The third-order valence-electron chi connectivity index (χ3n) is 2.62. The third-order valence-corrected chi connectivity index (χ3v) is 2.62. The number of carbonyl (C=O) groups excluding carboxylic acids is 2. The maximum atomic E-state index is 13.8. The zero-order valence-corrected chi connectivity index (χ0v) is 11.3. The molecule has 8 heteroatoms. The summed E-state index contributed by atoms with van der Waals surface area (Å²) in [4.78, 5) is 22.7. The molecule has 0 bridgehead atoms. The van der Waals surface area contributed by atoms with Crippen molar-refractivity contribution in [3.63, 3.8) is 0 Å². The number of halogens is 4. The van der Waals surface area contributed by atoms with Gasteiger partial charge in [0.15, 0.2) is 0 Å². The second-order valence-corrected chi connectivity index (χ2v) is 5.15. The summed E-state index contributed by atoms with van der Waals surface area (Å²) in [5, 5.41) is 2.28. The van der Waals surface area contributed by atoms with Crippen molar-refractivity contribution in [2.24, 2.45) is 5.73 Å². The summed E-state index contributed by atoms with van der Waals surface area (Å²) >= 11 is 0. The van der Waals surface area contributed by atoms with Gasteiger partial charge in [0.2, 0.25) is 5.91 Å². The highest BCUT2D eigenvalue weighted by molar-refractivity contribution is 5.95. The van der Waals surface area contributed by atoms with E-state index in [1.807, 2.05) is 0 Å². The van der Waals surface area contributed by atoms with Gasteiger partial charge in [-0.15, -0.1) is 0 Å². The summed E-state index contributed by atoms with van der Waals surface area (Å²) in [5.74, 6) is -3.41. The van der Waals surface area contributed by atoms with E-state index in [9.17, 15) is 27.2 Å². The smallest absolute Gasteiger partial charge is 0.370 e. The Kier molecular flexibility index (Phi) is 4.60. The number of amides is 2. The van der Waals surface area contributed by atoms with E-state index < -0.39 is 40.5 Å². The molecule has 0 atom stereocenters. The van der Waals surface area contributed by atoms with Crippen LogP contribution in [0, 0.1) is 5.82 Å². The molecule has 4 nitrogen and oxygen atoms in total. The molecule has 116 valence electrons. The van der Waals surface area contributed by atoms with Crippen molar-refractivity contribution in [2.45, 2.75) is 32.0 Å². The van der Waals surface area contributed by atoms with E-state index in [1.165, 1.54) is 13.8 Å². The van der Waals surface area contributed by atoms with Gasteiger partial charge in [0.1, 0.15) is 5.82 Å². The molecule has 3 N–H and O–H groups in total. The standard InChI is InChI=1S/C13H14F4N2O2/c1-12(2,6-9(18)20)19-11(21)7-4-3-5-8(10(7)14)13(15,16)17/h3-5H,6H2,1-2H3,(H2,18,20)(H,19,21). The number of rotatable bonds is 4. The van der Waals surface area contributed by atoms with Crippen molar-refractivity contribution in [3.05, 3.63) is 35.1 Å². The normalized spacial score (nSPS) is 12.1. The lowest BCUT2D eigenvalue weighted by molar-refractivity contribution is -0.140. The van der Waals surface area contributed by atoms with E-state index in [2.05, 4.69) is 5.32 Å². The third kappa shape index (κ3) is 4.44. The lowest BCUT2D eigenvalue weighted by Gasteiger charge is -2.25. The van der Waals surface area contributed by atoms with Crippen molar-refractivity contribution in [3.8, 4) is 0 Å². The molecule has 1 aromatic carbocycles. The van der Waals surface area contributed by atoms with Gasteiger partial charge in [-0.1, -0.05) is 6.07 Å². The van der Waals surface area contributed by atoms with Crippen LogP contribution in [0.2, 0.25) is 0 Å². The monoisotopic (exact) mass is 306 g/mol. The van der Waals surface area contributed by atoms with Crippen LogP contribution in [0.1, 0.15) is 36.2 Å². The molecule has 1 aromatic rings. The van der Waals surface area contributed by atoms with Crippen LogP contribution in [0.4, 0.5) is 17.6 Å². The molecule has 0 aliphatic carbocycles. The summed E-state index contributed by atoms with van der Waals surface area (Å²) in [6.07, 6.45) is -5.14. The molecule has 0 saturated carbocycles. The van der Waals surface area contributed by atoms with Crippen molar-refractivity contribution in [1.29, 1.82) is 0 Å². The minimum atomic E-state index is -4.90. The van der Waals surface area contributed by atoms with Crippen LogP contribution in [0.5, 0.6) is 0 Å². The Morgan fingerprint density at radius 2 is 1.81 bits per heavy atom. The van der Waals surface area contributed by atoms with E-state index in [0.29, 0.717) is 6.07 Å². The van der Waals surface area contributed by atoms with Crippen LogP contribution in [0.15, 0.2) is 18.2 Å². The van der Waals surface area contributed by atoms with Gasteiger partial charge in [0.05, 0.1) is 11.1 Å². The molecule has 0 radical (unpaired) electrons. The van der Waals surface area contributed by atoms with Crippen molar-refractivity contribution < 1.29 is 27.2 Å². The quantitative estimate of drug-likeness (QED) is 0.837. The molecular formula is C13H14F4N2O2. The molecule has 0 aliphatic rings. The Hall–Kier alpha value is -2.12. The SMILES string of the molecule is CC(C)(CC(N)=O)NC(=O)c1cccc(C(F)(F)F)c1F. The van der Waals surface area contributed by atoms with Crippen LogP contribution in [-0.4, -0.2) is 17.4 Å². The molecule has 2 amide bonds. The first-order valence-corrected chi connectivity index (χ1v) is 5.90. The van der Waals surface area contributed by atoms with E-state index in [-0.39, 0.29) is 6.42 Å². The van der Waals surface area contributed by atoms with Crippen molar-refractivity contribution >= 4 is 11.8 Å². The number of primary amides is 1. The van der Waals surface area contributed by atoms with Crippen LogP contribution in [0.3, 0.4) is 0 Å². The zero-order chi connectivity index (χ0) is 16.4. The van der Waals surface area contributed by atoms with E-state index in [0.717, 1.165) is 12.1 Å². The molecule has 21 heavy (non-hydrogen) atoms. The van der Waals surface area contributed by atoms with Crippen molar-refractivity contribution in [2.75, 3.05) is 0 Å². The van der Waals surface area contributed by atoms with Crippen LogP contribution in [0.25, 0.3) is 0 Å². The molecule has 0 fully saturated rings. The second kappa shape index (κ2) is 5.71. The lowest BCUT2D eigenvalue weighted by atomic mass is 9.99. The summed E-state index contributed by atoms with van der Waals surface area (Å²) in [6, 6.07) is 2.41. The molecule has 0 aromatic heterocycles. The topological polar surface area (TPSA) is 72.2 Å². The van der Waals surface area contributed by atoms with Crippen molar-refractivity contribution in [1.82, 2.24) is 5.32 Å². The van der Waals surface area contributed by atoms with Gasteiger partial charge in [-0.05, 0) is 26.0 Å². The maximum absolute atomic E-state index is 13.8. The minimum absolute atomic E-state index is 0.237. The van der Waals surface area contributed by atoms with Gasteiger partial charge >= 0.3 is 6.18 Å². The number of carbonyl (C=O) groups is 2. The van der Waals surface area contributed by atoms with E-state index in [1.54, 1.807) is 0 Å². The number of nitrogens with one attached hydrogen (secondary N) is 1. The summed E-state index contributed by atoms with van der Waals surface area (Å²) in [5.41, 5.74) is 1.61. The fraction of sp³-hybridized carbons (Fsp3) is 0.385. The number of benzene rings is 1. The number of nitrogens with two attached hydrogens (primary N) is 1. The largest absolute Gasteiger partial charge is 0.419 e. The molecule has 0 spiro atoms. The number of hydrogen-bond acceptors (Lipinski definition) is 2. The summed E-state index contributed by atoms with van der Waals surface area (Å²) in [6.45, 7) is 2.89. The minimum Gasteiger partial charge on any atom is -0.370 e. The highest BCUT2D eigenvalue weighted by Crippen LogP contribution is 2.32. The van der Waals surface area contributed by atoms with E-state index >= 15 is 0 Å². The van der Waals surface area contributed by atoms with Crippen LogP contribution < -0.4 is 11.1 Å². The predicted octanol–water partition coefficient (Wildman–Crippen LogP) is 2.23. The Labute approximate surface area is 118 Å². The molecule has 1 rings (SSSR count). The fourth-order valence-electron chi connectivity index (χ4n) is 1.78. The Morgan fingerprint density at radius 3 is 2.29 bits per heavy atom. The first-order chi connectivity index (χ1) is 9.44. The second-order valence-electron chi connectivity index (χ2n) is 5.15. The summed E-state index contributed by atoms with van der Waals surface area (Å²) in [7, 11) is 0. The van der Waals surface area contributed by atoms with Gasteiger partial charge in [-0.3, -0.25) is 9.59 Å². The fourth-order valence-corrected chi connectivity index (χ4v) is 1.78. The number of hydrogen-bond donors (Lipinski definition) is 2.